The van der Waals surface area contributed by atoms with Gasteiger partial charge in [-0.05, 0) is 48.1 Å². The first-order valence-corrected chi connectivity index (χ1v) is 10.1. The van der Waals surface area contributed by atoms with Crippen LogP contribution in [0, 0.1) is 6.92 Å². The van der Waals surface area contributed by atoms with Crippen LogP contribution in [0.1, 0.15) is 27.9 Å². The number of carbonyl (C=O) groups excluding carboxylic acids is 1. The van der Waals surface area contributed by atoms with Crippen LogP contribution in [0.3, 0.4) is 0 Å². The normalized spacial score (nSPS) is 10.6. The van der Waals surface area contributed by atoms with Gasteiger partial charge >= 0.3 is 0 Å². The zero-order chi connectivity index (χ0) is 21.8. The number of benzene rings is 2. The summed E-state index contributed by atoms with van der Waals surface area (Å²) in [7, 11) is 0. The first kappa shape index (κ1) is 23.3. The maximum atomic E-state index is 12.3. The third-order valence-corrected chi connectivity index (χ3v) is 5.43. The van der Waals surface area contributed by atoms with Crippen LogP contribution in [0.25, 0.3) is 33.3 Å². The SMILES string of the molecule is Cc1c(-c2ccc(-c3ccc(CCCO)cc3)cc2)nc2ccncc2c1C(=O)NO.Cl. The third kappa shape index (κ3) is 4.62. The van der Waals surface area contributed by atoms with Crippen molar-refractivity contribution in [3.05, 3.63) is 83.7 Å². The highest BCUT2D eigenvalue weighted by molar-refractivity contribution is 6.08. The molecule has 0 saturated heterocycles. The van der Waals surface area contributed by atoms with E-state index in [1.807, 2.05) is 31.2 Å². The van der Waals surface area contributed by atoms with Crippen molar-refractivity contribution < 1.29 is 15.1 Å². The largest absolute Gasteiger partial charge is 0.396 e. The molecule has 7 heteroatoms. The molecule has 32 heavy (non-hydrogen) atoms. The van der Waals surface area contributed by atoms with Gasteiger partial charge in [0.05, 0.1) is 16.8 Å². The van der Waals surface area contributed by atoms with Gasteiger partial charge in [-0.3, -0.25) is 15.0 Å². The summed E-state index contributed by atoms with van der Waals surface area (Å²) in [6.07, 6.45) is 4.83. The van der Waals surface area contributed by atoms with Crippen LogP contribution in [0.15, 0.2) is 67.0 Å². The lowest BCUT2D eigenvalue weighted by molar-refractivity contribution is 0.0707. The second-order valence-electron chi connectivity index (χ2n) is 7.40. The molecule has 3 N–H and O–H groups in total. The predicted molar refractivity (Wildman–Crippen MR) is 127 cm³/mol. The van der Waals surface area contributed by atoms with E-state index in [0.29, 0.717) is 27.7 Å². The standard InChI is InChI=1S/C25H23N3O3.ClH/c1-16-23(25(30)28-31)21-15-26-13-12-22(21)27-24(16)20-10-8-19(9-11-20)18-6-4-17(5-7-18)3-2-14-29;/h4-13,15,29,31H,2-3,14H2,1H3,(H,28,30);1H. The van der Waals surface area contributed by atoms with E-state index in [1.165, 1.54) is 5.56 Å². The highest BCUT2D eigenvalue weighted by Gasteiger charge is 2.18. The number of hydrogen-bond acceptors (Lipinski definition) is 5. The maximum Gasteiger partial charge on any atom is 0.275 e. The number of nitrogens with one attached hydrogen (secondary N) is 1. The molecule has 164 valence electrons. The molecule has 0 saturated carbocycles. The van der Waals surface area contributed by atoms with Crippen LogP contribution >= 0.6 is 12.4 Å². The summed E-state index contributed by atoms with van der Waals surface area (Å²) in [5.74, 6) is -0.586. The highest BCUT2D eigenvalue weighted by Crippen LogP contribution is 2.31. The number of halogens is 1. The van der Waals surface area contributed by atoms with E-state index in [0.717, 1.165) is 29.5 Å². The van der Waals surface area contributed by atoms with E-state index in [1.54, 1.807) is 23.9 Å². The summed E-state index contributed by atoms with van der Waals surface area (Å²) in [6.45, 7) is 2.02. The zero-order valence-electron chi connectivity index (χ0n) is 17.6. The van der Waals surface area contributed by atoms with E-state index in [9.17, 15) is 10.0 Å². The first-order chi connectivity index (χ1) is 15.1. The first-order valence-electron chi connectivity index (χ1n) is 10.1. The van der Waals surface area contributed by atoms with Crippen LogP contribution in [-0.4, -0.2) is 32.8 Å². The van der Waals surface area contributed by atoms with Gasteiger partial charge in [0.2, 0.25) is 0 Å². The molecule has 2 aromatic carbocycles. The lowest BCUT2D eigenvalue weighted by atomic mass is 9.96. The zero-order valence-corrected chi connectivity index (χ0v) is 18.4. The average Bonchev–Trinajstić information content (AvgIpc) is 2.82. The molecule has 0 unspecified atom stereocenters. The van der Waals surface area contributed by atoms with Crippen molar-refractivity contribution in [3.8, 4) is 22.4 Å². The second kappa shape index (κ2) is 10.3. The Kier molecular flexibility index (Phi) is 7.53. The van der Waals surface area contributed by atoms with Gasteiger partial charge in [-0.15, -0.1) is 12.4 Å². The molecule has 4 rings (SSSR count). The van der Waals surface area contributed by atoms with E-state index >= 15 is 0 Å². The Morgan fingerprint density at radius 3 is 2.22 bits per heavy atom. The van der Waals surface area contributed by atoms with Crippen molar-refractivity contribution in [1.82, 2.24) is 15.4 Å². The minimum Gasteiger partial charge on any atom is -0.396 e. The number of aliphatic hydroxyl groups excluding tert-OH is 1. The fraction of sp³-hybridized carbons (Fsp3) is 0.160. The summed E-state index contributed by atoms with van der Waals surface area (Å²) >= 11 is 0. The van der Waals surface area contributed by atoms with Gasteiger partial charge in [0, 0.05) is 30.0 Å². The van der Waals surface area contributed by atoms with Crippen LogP contribution in [-0.2, 0) is 6.42 Å². The van der Waals surface area contributed by atoms with E-state index in [4.69, 9.17) is 10.1 Å². The van der Waals surface area contributed by atoms with Crippen molar-refractivity contribution in [2.45, 2.75) is 19.8 Å². The topological polar surface area (TPSA) is 95.3 Å². The summed E-state index contributed by atoms with van der Waals surface area (Å²) in [5, 5.41) is 18.8. The van der Waals surface area contributed by atoms with Crippen molar-refractivity contribution in [2.75, 3.05) is 6.61 Å². The number of aliphatic hydroxyl groups is 1. The van der Waals surface area contributed by atoms with Gasteiger partial charge in [-0.1, -0.05) is 48.5 Å². The van der Waals surface area contributed by atoms with Gasteiger partial charge < -0.3 is 5.11 Å². The van der Waals surface area contributed by atoms with Gasteiger partial charge in [-0.25, -0.2) is 10.5 Å². The molecule has 0 aliphatic heterocycles. The lowest BCUT2D eigenvalue weighted by Gasteiger charge is -2.13. The van der Waals surface area contributed by atoms with Gasteiger partial charge in [-0.2, -0.15) is 0 Å². The molecule has 0 bridgehead atoms. The molecule has 0 radical (unpaired) electrons. The molecule has 0 fully saturated rings. The number of aryl methyl sites for hydroxylation is 1. The van der Waals surface area contributed by atoms with Crippen LogP contribution in [0.2, 0.25) is 0 Å². The Morgan fingerprint density at radius 2 is 1.59 bits per heavy atom. The minimum absolute atomic E-state index is 0. The number of hydroxylamine groups is 1. The number of rotatable bonds is 6. The molecular formula is C25H24ClN3O3. The number of fused-ring (bicyclic) bond motifs is 1. The molecule has 0 atom stereocenters. The molecule has 0 aliphatic carbocycles. The van der Waals surface area contributed by atoms with Crippen LogP contribution in [0.4, 0.5) is 0 Å². The van der Waals surface area contributed by atoms with E-state index < -0.39 is 5.91 Å². The third-order valence-electron chi connectivity index (χ3n) is 5.43. The van der Waals surface area contributed by atoms with E-state index in [2.05, 4.69) is 29.2 Å². The Bertz CT molecular complexity index is 1230. The summed E-state index contributed by atoms with van der Waals surface area (Å²) in [5.41, 5.74) is 8.35. The second-order valence-corrected chi connectivity index (χ2v) is 7.40. The summed E-state index contributed by atoms with van der Waals surface area (Å²) in [4.78, 5) is 21.2. The average molecular weight is 450 g/mol. The predicted octanol–water partition coefficient (Wildman–Crippen LogP) is 4.74. The maximum absolute atomic E-state index is 12.3. The molecule has 2 heterocycles. The van der Waals surface area contributed by atoms with Crippen LogP contribution in [0.5, 0.6) is 0 Å². The molecule has 0 aliphatic rings. The van der Waals surface area contributed by atoms with Crippen molar-refractivity contribution >= 4 is 29.2 Å². The monoisotopic (exact) mass is 449 g/mol. The molecule has 1 amide bonds. The molecule has 2 aromatic heterocycles. The van der Waals surface area contributed by atoms with Crippen molar-refractivity contribution in [2.24, 2.45) is 0 Å². The lowest BCUT2D eigenvalue weighted by Crippen LogP contribution is -2.21. The van der Waals surface area contributed by atoms with Crippen LogP contribution < -0.4 is 5.48 Å². The fourth-order valence-electron chi connectivity index (χ4n) is 3.80. The number of hydrogen-bond donors (Lipinski definition) is 3. The van der Waals surface area contributed by atoms with E-state index in [-0.39, 0.29) is 19.0 Å². The molecule has 6 nitrogen and oxygen atoms in total. The number of nitrogens with zero attached hydrogens (tertiary/aromatic N) is 2. The highest BCUT2D eigenvalue weighted by atomic mass is 35.5. The number of aromatic nitrogens is 2. The Hall–Kier alpha value is -3.32. The minimum atomic E-state index is -0.586. The van der Waals surface area contributed by atoms with Gasteiger partial charge in [0.1, 0.15) is 0 Å². The van der Waals surface area contributed by atoms with Crippen molar-refractivity contribution in [1.29, 1.82) is 0 Å². The van der Waals surface area contributed by atoms with Gasteiger partial charge in [0.25, 0.3) is 5.91 Å². The smallest absolute Gasteiger partial charge is 0.275 e. The van der Waals surface area contributed by atoms with Crippen molar-refractivity contribution in [3.63, 3.8) is 0 Å². The number of pyridine rings is 2. The molecular weight excluding hydrogens is 426 g/mol. The molecule has 4 aromatic rings. The number of carbonyl (C=O) groups is 1. The Balaban J connectivity index is 0.00000289. The molecule has 0 spiro atoms. The Morgan fingerprint density at radius 1 is 0.969 bits per heavy atom. The van der Waals surface area contributed by atoms with Gasteiger partial charge in [0.15, 0.2) is 0 Å². The quantitative estimate of drug-likeness (QED) is 0.292. The Labute approximate surface area is 192 Å². The summed E-state index contributed by atoms with van der Waals surface area (Å²) < 4.78 is 0. The summed E-state index contributed by atoms with van der Waals surface area (Å²) in [6, 6.07) is 18.1. The fourth-order valence-corrected chi connectivity index (χ4v) is 3.80. The number of amides is 1.